The molecule has 4 heteroatoms. The minimum Gasteiger partial charge on any atom is -0.494 e. The largest absolute Gasteiger partial charge is 0.494 e. The minimum absolute atomic E-state index is 0.196. The molecule has 0 aromatic heterocycles. The quantitative estimate of drug-likeness (QED) is 0.761. The number of nitrogens with two attached hydrogens (primary N) is 2. The summed E-state index contributed by atoms with van der Waals surface area (Å²) in [5, 5.41) is 0. The molecule has 0 aliphatic carbocycles. The van der Waals surface area contributed by atoms with Crippen LogP contribution in [0.25, 0.3) is 0 Å². The Morgan fingerprint density at radius 2 is 2.12 bits per heavy atom. The van der Waals surface area contributed by atoms with Gasteiger partial charge in [0.2, 0.25) is 0 Å². The molecule has 90 valence electrons. The lowest BCUT2D eigenvalue weighted by molar-refractivity contribution is 0.184. The van der Waals surface area contributed by atoms with Crippen LogP contribution in [0, 0.1) is 0 Å². The lowest BCUT2D eigenvalue weighted by Gasteiger charge is -2.16. The third kappa shape index (κ3) is 3.20. The number of hydrogen-bond acceptors (Lipinski definition) is 4. The van der Waals surface area contributed by atoms with Crippen molar-refractivity contribution in [2.75, 3.05) is 20.3 Å². The van der Waals surface area contributed by atoms with Crippen molar-refractivity contribution in [1.82, 2.24) is 0 Å². The molecule has 1 atom stereocenters. The molecule has 0 bridgehead atoms. The van der Waals surface area contributed by atoms with Gasteiger partial charge in [0.1, 0.15) is 5.75 Å². The summed E-state index contributed by atoms with van der Waals surface area (Å²) >= 11 is 0. The van der Waals surface area contributed by atoms with Crippen molar-refractivity contribution in [1.29, 1.82) is 0 Å². The maximum absolute atomic E-state index is 5.94. The number of ether oxygens (including phenoxy) is 2. The lowest BCUT2D eigenvalue weighted by atomic mass is 10.0. The molecular formula is C12H20N2O2. The van der Waals surface area contributed by atoms with Gasteiger partial charge in [0, 0.05) is 25.3 Å². The molecule has 0 saturated heterocycles. The molecule has 0 unspecified atom stereocenters. The van der Waals surface area contributed by atoms with Gasteiger partial charge in [-0.1, -0.05) is 6.07 Å². The fourth-order valence-corrected chi connectivity index (χ4v) is 1.56. The molecule has 0 aliphatic rings. The van der Waals surface area contributed by atoms with E-state index < -0.39 is 0 Å². The Bertz CT molecular complexity index is 329. The van der Waals surface area contributed by atoms with Gasteiger partial charge in [-0.25, -0.2) is 0 Å². The van der Waals surface area contributed by atoms with E-state index in [-0.39, 0.29) is 6.04 Å². The van der Waals surface area contributed by atoms with Crippen LogP contribution in [-0.2, 0) is 11.3 Å². The molecule has 0 radical (unpaired) electrons. The Hall–Kier alpha value is -1.10. The fraction of sp³-hybridized carbons (Fsp3) is 0.500. The first-order valence-electron chi connectivity index (χ1n) is 5.43. The number of rotatable bonds is 6. The maximum Gasteiger partial charge on any atom is 0.124 e. The van der Waals surface area contributed by atoms with E-state index in [0.29, 0.717) is 19.8 Å². The first-order valence-corrected chi connectivity index (χ1v) is 5.43. The molecule has 0 spiro atoms. The Balaban J connectivity index is 3.00. The molecule has 0 aliphatic heterocycles. The van der Waals surface area contributed by atoms with Crippen LogP contribution in [0.15, 0.2) is 18.2 Å². The lowest BCUT2D eigenvalue weighted by Crippen LogP contribution is -2.21. The second-order valence-electron chi connectivity index (χ2n) is 3.58. The number of methoxy groups -OCH3 is 1. The molecular weight excluding hydrogens is 204 g/mol. The summed E-state index contributed by atoms with van der Waals surface area (Å²) in [6.45, 7) is 3.53. The predicted octanol–water partition coefficient (Wildman–Crippen LogP) is 1.19. The molecule has 0 fully saturated rings. The van der Waals surface area contributed by atoms with Crippen molar-refractivity contribution in [3.8, 4) is 5.75 Å². The van der Waals surface area contributed by atoms with E-state index in [2.05, 4.69) is 0 Å². The molecule has 1 aromatic carbocycles. The molecule has 1 aromatic rings. The van der Waals surface area contributed by atoms with E-state index in [0.717, 1.165) is 16.9 Å². The average molecular weight is 224 g/mol. The van der Waals surface area contributed by atoms with Crippen molar-refractivity contribution in [3.05, 3.63) is 29.3 Å². The second kappa shape index (κ2) is 6.48. The smallest absolute Gasteiger partial charge is 0.124 e. The highest BCUT2D eigenvalue weighted by atomic mass is 16.5. The van der Waals surface area contributed by atoms with Crippen molar-refractivity contribution in [2.24, 2.45) is 11.5 Å². The third-order valence-electron chi connectivity index (χ3n) is 2.34. The van der Waals surface area contributed by atoms with Crippen molar-refractivity contribution in [3.63, 3.8) is 0 Å². The van der Waals surface area contributed by atoms with Crippen molar-refractivity contribution >= 4 is 0 Å². The van der Waals surface area contributed by atoms with E-state index in [1.54, 1.807) is 7.11 Å². The second-order valence-corrected chi connectivity index (χ2v) is 3.58. The van der Waals surface area contributed by atoms with Crippen LogP contribution in [0.4, 0.5) is 0 Å². The van der Waals surface area contributed by atoms with E-state index in [1.807, 2.05) is 25.1 Å². The molecule has 0 heterocycles. The maximum atomic E-state index is 5.94. The van der Waals surface area contributed by atoms with Crippen molar-refractivity contribution < 1.29 is 9.47 Å². The van der Waals surface area contributed by atoms with Gasteiger partial charge in [0.25, 0.3) is 0 Å². The van der Waals surface area contributed by atoms with Crippen LogP contribution < -0.4 is 16.2 Å². The van der Waals surface area contributed by atoms with E-state index in [1.165, 1.54) is 0 Å². The summed E-state index contributed by atoms with van der Waals surface area (Å²) < 4.78 is 10.6. The van der Waals surface area contributed by atoms with Gasteiger partial charge in [0.15, 0.2) is 0 Å². The van der Waals surface area contributed by atoms with Gasteiger partial charge in [-0.05, 0) is 24.6 Å². The fourth-order valence-electron chi connectivity index (χ4n) is 1.56. The average Bonchev–Trinajstić information content (AvgIpc) is 2.31. The summed E-state index contributed by atoms with van der Waals surface area (Å²) in [4.78, 5) is 0. The zero-order valence-corrected chi connectivity index (χ0v) is 9.90. The van der Waals surface area contributed by atoms with Gasteiger partial charge in [-0.15, -0.1) is 0 Å². The zero-order valence-electron chi connectivity index (χ0n) is 9.90. The van der Waals surface area contributed by atoms with Crippen molar-refractivity contribution in [2.45, 2.75) is 19.6 Å². The highest BCUT2D eigenvalue weighted by molar-refractivity contribution is 5.39. The molecule has 0 saturated carbocycles. The molecule has 0 amide bonds. The zero-order chi connectivity index (χ0) is 12.0. The Kier molecular flexibility index (Phi) is 5.25. The van der Waals surface area contributed by atoms with Crippen LogP contribution >= 0.6 is 0 Å². The van der Waals surface area contributed by atoms with Crippen LogP contribution in [-0.4, -0.2) is 20.3 Å². The standard InChI is InChI=1S/C12H20N2O2/c1-3-16-12-5-4-9(8-15-2)6-10(12)11(14)7-13/h4-6,11H,3,7-8,13-14H2,1-2H3/t11-/m0/s1. The number of benzene rings is 1. The Morgan fingerprint density at radius 3 is 2.69 bits per heavy atom. The summed E-state index contributed by atoms with van der Waals surface area (Å²) in [5.41, 5.74) is 13.5. The molecule has 4 N–H and O–H groups in total. The monoisotopic (exact) mass is 224 g/mol. The summed E-state index contributed by atoms with van der Waals surface area (Å²) in [7, 11) is 1.67. The third-order valence-corrected chi connectivity index (χ3v) is 2.34. The summed E-state index contributed by atoms with van der Waals surface area (Å²) in [6, 6.07) is 5.69. The number of hydrogen-bond donors (Lipinski definition) is 2. The van der Waals surface area contributed by atoms with E-state index in [9.17, 15) is 0 Å². The molecule has 4 nitrogen and oxygen atoms in total. The minimum atomic E-state index is -0.196. The van der Waals surface area contributed by atoms with Gasteiger partial charge >= 0.3 is 0 Å². The van der Waals surface area contributed by atoms with Crippen LogP contribution in [0.5, 0.6) is 5.75 Å². The normalized spacial score (nSPS) is 12.5. The highest BCUT2D eigenvalue weighted by Gasteiger charge is 2.11. The molecule has 16 heavy (non-hydrogen) atoms. The van der Waals surface area contributed by atoms with Gasteiger partial charge < -0.3 is 20.9 Å². The SMILES string of the molecule is CCOc1ccc(COC)cc1[C@@H](N)CN. The van der Waals surface area contributed by atoms with E-state index >= 15 is 0 Å². The van der Waals surface area contributed by atoms with Crippen LogP contribution in [0.3, 0.4) is 0 Å². The summed E-state index contributed by atoms with van der Waals surface area (Å²) in [5.74, 6) is 0.806. The summed E-state index contributed by atoms with van der Waals surface area (Å²) in [6.07, 6.45) is 0. The Labute approximate surface area is 96.5 Å². The van der Waals surface area contributed by atoms with Gasteiger partial charge in [0.05, 0.1) is 13.2 Å². The first-order chi connectivity index (χ1) is 7.72. The topological polar surface area (TPSA) is 70.5 Å². The highest BCUT2D eigenvalue weighted by Crippen LogP contribution is 2.25. The molecule has 1 rings (SSSR count). The predicted molar refractivity (Wildman–Crippen MR) is 64.3 cm³/mol. The van der Waals surface area contributed by atoms with Gasteiger partial charge in [-0.2, -0.15) is 0 Å². The van der Waals surface area contributed by atoms with Crippen LogP contribution in [0.1, 0.15) is 24.1 Å². The van der Waals surface area contributed by atoms with E-state index in [4.69, 9.17) is 20.9 Å². The first kappa shape index (κ1) is 13.0. The van der Waals surface area contributed by atoms with Gasteiger partial charge in [-0.3, -0.25) is 0 Å². The van der Waals surface area contributed by atoms with Crippen LogP contribution in [0.2, 0.25) is 0 Å². The Morgan fingerprint density at radius 1 is 1.38 bits per heavy atom.